The van der Waals surface area contributed by atoms with Crippen molar-refractivity contribution < 1.29 is 13.9 Å². The summed E-state index contributed by atoms with van der Waals surface area (Å²) in [7, 11) is -0.606. The molecule has 0 bridgehead atoms. The average Bonchev–Trinajstić information content (AvgIpc) is 2.57. The monoisotopic (exact) mass is 336 g/mol. The fourth-order valence-electron chi connectivity index (χ4n) is 3.43. The van der Waals surface area contributed by atoms with E-state index in [0.29, 0.717) is 5.75 Å². The molecule has 0 aromatic heterocycles. The highest BCUT2D eigenvalue weighted by Gasteiger charge is 2.28. The second-order valence-electron chi connectivity index (χ2n) is 6.80. The van der Waals surface area contributed by atoms with Gasteiger partial charge in [-0.2, -0.15) is 0 Å². The van der Waals surface area contributed by atoms with Gasteiger partial charge in [0.2, 0.25) is 0 Å². The van der Waals surface area contributed by atoms with Crippen LogP contribution in [0.1, 0.15) is 51.9 Å². The number of halogens is 1. The summed E-state index contributed by atoms with van der Waals surface area (Å²) in [6.07, 6.45) is 8.80. The van der Waals surface area contributed by atoms with Crippen molar-refractivity contribution in [2.24, 2.45) is 5.92 Å². The molecule has 0 unspecified atom stereocenters. The smallest absolute Gasteiger partial charge is 0.314 e. The van der Waals surface area contributed by atoms with Crippen LogP contribution in [0.2, 0.25) is 18.1 Å². The molecule has 128 valence electrons. The van der Waals surface area contributed by atoms with Gasteiger partial charge in [0.1, 0.15) is 11.6 Å². The number of carbonyl (C=O) groups excluding carboxylic acids is 1. The van der Waals surface area contributed by atoms with E-state index in [2.05, 4.69) is 6.92 Å². The molecule has 1 saturated heterocycles. The van der Waals surface area contributed by atoms with E-state index in [0.717, 1.165) is 12.8 Å². The molecule has 0 saturated carbocycles. The highest BCUT2D eigenvalue weighted by Crippen LogP contribution is 2.29. The summed E-state index contributed by atoms with van der Waals surface area (Å²) in [4.78, 5) is 12.2. The molecule has 0 amide bonds. The molecule has 4 heteroatoms. The number of benzene rings is 1. The largest absolute Gasteiger partial charge is 0.426 e. The van der Waals surface area contributed by atoms with Crippen LogP contribution in [0, 0.1) is 11.7 Å². The van der Waals surface area contributed by atoms with E-state index in [9.17, 15) is 9.18 Å². The molecular weight excluding hydrogens is 307 g/mol. The van der Waals surface area contributed by atoms with Gasteiger partial charge < -0.3 is 4.74 Å². The first-order valence-corrected chi connectivity index (χ1v) is 11.6. The minimum Gasteiger partial charge on any atom is -0.426 e. The SMILES string of the molecule is CCCCCCC[SiH]1CCC(C(=O)Oc2ccc(F)cc2)CC1. The summed E-state index contributed by atoms with van der Waals surface area (Å²) < 4.78 is 18.2. The summed E-state index contributed by atoms with van der Waals surface area (Å²) in [5.74, 6) is 0.0536. The summed E-state index contributed by atoms with van der Waals surface area (Å²) >= 11 is 0. The van der Waals surface area contributed by atoms with E-state index >= 15 is 0 Å². The molecule has 23 heavy (non-hydrogen) atoms. The van der Waals surface area contributed by atoms with Crippen LogP contribution in [-0.2, 0) is 4.79 Å². The van der Waals surface area contributed by atoms with Crippen molar-refractivity contribution in [1.82, 2.24) is 0 Å². The molecule has 2 nitrogen and oxygen atoms in total. The maximum Gasteiger partial charge on any atom is 0.314 e. The fourth-order valence-corrected chi connectivity index (χ4v) is 6.91. The Kier molecular flexibility index (Phi) is 7.79. The Morgan fingerprint density at radius 1 is 1.13 bits per heavy atom. The zero-order valence-corrected chi connectivity index (χ0v) is 15.4. The van der Waals surface area contributed by atoms with Gasteiger partial charge in [0.15, 0.2) is 0 Å². The van der Waals surface area contributed by atoms with Crippen LogP contribution in [0.15, 0.2) is 24.3 Å². The Morgan fingerprint density at radius 2 is 1.78 bits per heavy atom. The van der Waals surface area contributed by atoms with Crippen molar-refractivity contribution >= 4 is 14.8 Å². The van der Waals surface area contributed by atoms with Crippen LogP contribution in [-0.4, -0.2) is 14.8 Å². The van der Waals surface area contributed by atoms with Gasteiger partial charge in [-0.3, -0.25) is 4.79 Å². The minimum absolute atomic E-state index is 0.0453. The Morgan fingerprint density at radius 3 is 2.43 bits per heavy atom. The number of unbranched alkanes of at least 4 members (excludes halogenated alkanes) is 4. The second kappa shape index (κ2) is 9.86. The van der Waals surface area contributed by atoms with Crippen molar-refractivity contribution in [1.29, 1.82) is 0 Å². The average molecular weight is 337 g/mol. The zero-order chi connectivity index (χ0) is 16.5. The van der Waals surface area contributed by atoms with Gasteiger partial charge in [-0.25, -0.2) is 4.39 Å². The normalized spacial score (nSPS) is 21.1. The lowest BCUT2D eigenvalue weighted by molar-refractivity contribution is -0.139. The maximum absolute atomic E-state index is 12.9. The number of ether oxygens (including phenoxy) is 1. The third kappa shape index (κ3) is 6.46. The van der Waals surface area contributed by atoms with Crippen LogP contribution in [0.5, 0.6) is 5.75 Å². The molecule has 0 radical (unpaired) electrons. The van der Waals surface area contributed by atoms with E-state index in [1.807, 2.05) is 0 Å². The van der Waals surface area contributed by atoms with E-state index < -0.39 is 8.80 Å². The Labute approximate surface area is 141 Å². The van der Waals surface area contributed by atoms with Gasteiger partial charge in [0.05, 0.1) is 5.92 Å². The van der Waals surface area contributed by atoms with Crippen LogP contribution in [0.25, 0.3) is 0 Å². The van der Waals surface area contributed by atoms with E-state index in [-0.39, 0.29) is 17.7 Å². The molecule has 0 spiro atoms. The van der Waals surface area contributed by atoms with Crippen LogP contribution < -0.4 is 4.74 Å². The number of rotatable bonds is 8. The number of carbonyl (C=O) groups is 1. The standard InChI is InChI=1S/C19H29FO2Si/c1-2-3-4-5-6-13-23-14-11-16(12-15-23)19(21)22-18-9-7-17(20)8-10-18/h7-10,16,23H,2-6,11-15H2,1H3. The molecule has 1 aliphatic rings. The van der Waals surface area contributed by atoms with Crippen LogP contribution in [0.3, 0.4) is 0 Å². The summed E-state index contributed by atoms with van der Waals surface area (Å²) in [6.45, 7) is 2.25. The number of hydrogen-bond donors (Lipinski definition) is 0. The highest BCUT2D eigenvalue weighted by atomic mass is 28.3. The first-order valence-electron chi connectivity index (χ1n) is 9.16. The lowest BCUT2D eigenvalue weighted by Crippen LogP contribution is -2.28. The van der Waals surface area contributed by atoms with Gasteiger partial charge in [0, 0.05) is 8.80 Å². The molecule has 0 N–H and O–H groups in total. The molecule has 0 aliphatic carbocycles. The summed E-state index contributed by atoms with van der Waals surface area (Å²) in [6, 6.07) is 9.68. The fraction of sp³-hybridized carbons (Fsp3) is 0.632. The van der Waals surface area contributed by atoms with E-state index in [4.69, 9.17) is 4.74 Å². The van der Waals surface area contributed by atoms with Gasteiger partial charge in [-0.15, -0.1) is 0 Å². The molecule has 0 atom stereocenters. The lowest BCUT2D eigenvalue weighted by atomic mass is 10.0. The quantitative estimate of drug-likeness (QED) is 0.277. The third-order valence-electron chi connectivity index (χ3n) is 4.93. The minimum atomic E-state index is -0.606. The maximum atomic E-state index is 12.9. The highest BCUT2D eigenvalue weighted by molar-refractivity contribution is 6.59. The second-order valence-corrected chi connectivity index (χ2v) is 10.3. The molecule has 2 rings (SSSR count). The third-order valence-corrected chi connectivity index (χ3v) is 8.45. The Balaban J connectivity index is 1.65. The molecular formula is C19H29FO2Si. The predicted molar refractivity (Wildman–Crippen MR) is 95.1 cm³/mol. The van der Waals surface area contributed by atoms with Gasteiger partial charge in [-0.1, -0.05) is 57.2 Å². The van der Waals surface area contributed by atoms with Gasteiger partial charge in [-0.05, 0) is 37.1 Å². The molecule has 1 fully saturated rings. The molecule has 1 aliphatic heterocycles. The van der Waals surface area contributed by atoms with Gasteiger partial charge in [0.25, 0.3) is 0 Å². The number of hydrogen-bond acceptors (Lipinski definition) is 2. The Hall–Kier alpha value is -1.16. The summed E-state index contributed by atoms with van der Waals surface area (Å²) in [5, 5.41) is 0. The van der Waals surface area contributed by atoms with Crippen molar-refractivity contribution in [2.75, 3.05) is 0 Å². The van der Waals surface area contributed by atoms with Crippen LogP contribution in [0.4, 0.5) is 4.39 Å². The first kappa shape index (κ1) is 18.2. The zero-order valence-electron chi connectivity index (χ0n) is 14.2. The van der Waals surface area contributed by atoms with Crippen molar-refractivity contribution in [3.8, 4) is 5.75 Å². The topological polar surface area (TPSA) is 26.3 Å². The van der Waals surface area contributed by atoms with E-state index in [1.165, 1.54) is 74.5 Å². The summed E-state index contributed by atoms with van der Waals surface area (Å²) in [5.41, 5.74) is 0. The van der Waals surface area contributed by atoms with Gasteiger partial charge >= 0.3 is 5.97 Å². The molecule has 1 heterocycles. The predicted octanol–water partition coefficient (Wildman–Crippen LogP) is 5.34. The molecule has 1 aromatic rings. The lowest BCUT2D eigenvalue weighted by Gasteiger charge is -2.26. The van der Waals surface area contributed by atoms with Crippen LogP contribution >= 0.6 is 0 Å². The Bertz CT molecular complexity index is 467. The molecule has 1 aromatic carbocycles. The first-order chi connectivity index (χ1) is 11.2. The van der Waals surface area contributed by atoms with Crippen molar-refractivity contribution in [2.45, 2.75) is 70.0 Å². The van der Waals surface area contributed by atoms with E-state index in [1.54, 1.807) is 0 Å². The van der Waals surface area contributed by atoms with Crippen molar-refractivity contribution in [3.05, 3.63) is 30.1 Å². The van der Waals surface area contributed by atoms with Crippen molar-refractivity contribution in [3.63, 3.8) is 0 Å². The number of esters is 1.